The molecule has 1 aliphatic rings. The molecule has 0 bridgehead atoms. The van der Waals surface area contributed by atoms with E-state index in [0.717, 1.165) is 5.56 Å². The highest BCUT2D eigenvalue weighted by atomic mass is 32.2. The average Bonchev–Trinajstić information content (AvgIpc) is 3.90. The summed E-state index contributed by atoms with van der Waals surface area (Å²) in [7, 11) is -4.88. The molecule has 0 aliphatic carbocycles. The van der Waals surface area contributed by atoms with Gasteiger partial charge >= 0.3 is 6.09 Å². The molecule has 2 aromatic heterocycles. The number of carbonyl (C=O) groups excluding carboxylic acids is 1. The number of para-hydroxylation sites is 1. The summed E-state index contributed by atoms with van der Waals surface area (Å²) in [5, 5.41) is 12.4. The number of nitrogens with two attached hydrogens (primary N) is 1. The van der Waals surface area contributed by atoms with Crippen molar-refractivity contribution < 1.29 is 40.6 Å². The standard InChI is InChI=1S/C48H53N9O9S2/c1-8-56-40-11-9-10-39(43(40)50-46(56)49)38-24-25-41(67(59,60)37-29-54(30-37)47(58)66-48(2,3)4)44(42(38)45-51-53-57(52-45)28-33-16-22-36(65-7)23-17-33)68(61,62)55(26-31-12-18-34(63-5)19-13-31)27-32-14-20-35(64-6)21-15-32/h9-25,37H,8,26-30H2,1-7H3,(H2,49,50). The van der Waals surface area contributed by atoms with Crippen LogP contribution in [0, 0.1) is 0 Å². The normalized spacial score (nSPS) is 13.4. The highest BCUT2D eigenvalue weighted by Gasteiger charge is 2.46. The number of hydrogen-bond acceptors (Lipinski definition) is 14. The van der Waals surface area contributed by atoms with Gasteiger partial charge in [0, 0.05) is 38.3 Å². The van der Waals surface area contributed by atoms with Crippen LogP contribution < -0.4 is 19.9 Å². The Bertz CT molecular complexity index is 3130. The van der Waals surface area contributed by atoms with Gasteiger partial charge in [0.25, 0.3) is 0 Å². The number of tetrazole rings is 1. The predicted molar refractivity (Wildman–Crippen MR) is 255 cm³/mol. The second-order valence-corrected chi connectivity index (χ2v) is 21.3. The van der Waals surface area contributed by atoms with E-state index in [-0.39, 0.29) is 55.6 Å². The first-order valence-electron chi connectivity index (χ1n) is 21.7. The number of amides is 1. The maximum Gasteiger partial charge on any atom is 0.410 e. The number of nitrogen functional groups attached to an aromatic ring is 1. The number of carbonyl (C=O) groups is 1. The Kier molecular flexibility index (Phi) is 13.2. The zero-order valence-corrected chi connectivity index (χ0v) is 40.4. The van der Waals surface area contributed by atoms with Crippen molar-refractivity contribution >= 4 is 42.9 Å². The van der Waals surface area contributed by atoms with E-state index >= 15 is 16.8 Å². The molecule has 1 amide bonds. The zero-order valence-electron chi connectivity index (χ0n) is 38.8. The van der Waals surface area contributed by atoms with Gasteiger partial charge in [0.2, 0.25) is 21.8 Å². The molecule has 0 saturated carbocycles. The molecular weight excluding hydrogens is 911 g/mol. The number of anilines is 1. The van der Waals surface area contributed by atoms with Crippen LogP contribution in [0.2, 0.25) is 0 Å². The fourth-order valence-corrected chi connectivity index (χ4v) is 12.1. The van der Waals surface area contributed by atoms with Crippen molar-refractivity contribution in [3.05, 3.63) is 120 Å². The van der Waals surface area contributed by atoms with Crippen LogP contribution in [0.15, 0.2) is 113 Å². The number of fused-ring (bicyclic) bond motifs is 1. The van der Waals surface area contributed by atoms with E-state index < -0.39 is 46.6 Å². The molecule has 0 unspecified atom stereocenters. The zero-order chi connectivity index (χ0) is 48.5. The first-order valence-corrected chi connectivity index (χ1v) is 24.7. The van der Waals surface area contributed by atoms with E-state index in [2.05, 4.69) is 10.3 Å². The van der Waals surface area contributed by atoms with E-state index in [1.807, 2.05) is 29.7 Å². The van der Waals surface area contributed by atoms with Crippen LogP contribution in [0.3, 0.4) is 0 Å². The Hall–Kier alpha value is -7.03. The highest BCUT2D eigenvalue weighted by molar-refractivity contribution is 7.94. The lowest BCUT2D eigenvalue weighted by molar-refractivity contribution is 0.0139. The van der Waals surface area contributed by atoms with Crippen LogP contribution in [0.1, 0.15) is 44.4 Å². The predicted octanol–water partition coefficient (Wildman–Crippen LogP) is 6.82. The summed E-state index contributed by atoms with van der Waals surface area (Å²) in [4.78, 5) is 19.3. The summed E-state index contributed by atoms with van der Waals surface area (Å²) < 4.78 is 87.6. The molecule has 1 fully saturated rings. The molecule has 7 aromatic rings. The summed E-state index contributed by atoms with van der Waals surface area (Å²) in [5.41, 5.74) is 9.28. The lowest BCUT2D eigenvalue weighted by Crippen LogP contribution is -2.57. The molecule has 0 radical (unpaired) electrons. The minimum absolute atomic E-state index is 0.123. The van der Waals surface area contributed by atoms with E-state index in [1.165, 1.54) is 34.3 Å². The smallest absolute Gasteiger partial charge is 0.410 e. The lowest BCUT2D eigenvalue weighted by atomic mass is 9.98. The average molecular weight is 964 g/mol. The number of rotatable bonds is 16. The topological polar surface area (TPSA) is 216 Å². The van der Waals surface area contributed by atoms with Gasteiger partial charge in [-0.05, 0) is 104 Å². The van der Waals surface area contributed by atoms with Crippen LogP contribution in [-0.4, -0.2) is 107 Å². The van der Waals surface area contributed by atoms with Crippen LogP contribution in [-0.2, 0) is 50.8 Å². The van der Waals surface area contributed by atoms with Crippen molar-refractivity contribution in [2.75, 3.05) is 40.2 Å². The minimum Gasteiger partial charge on any atom is -0.497 e. The number of sulfone groups is 1. The highest BCUT2D eigenvalue weighted by Crippen LogP contribution is 2.44. The lowest BCUT2D eigenvalue weighted by Gasteiger charge is -2.39. The minimum atomic E-state index is -4.94. The van der Waals surface area contributed by atoms with E-state index in [0.29, 0.717) is 51.5 Å². The Balaban J connectivity index is 1.38. The third kappa shape index (κ3) is 9.56. The Morgan fingerprint density at radius 2 is 1.32 bits per heavy atom. The second-order valence-electron chi connectivity index (χ2n) is 17.2. The maximum absolute atomic E-state index is 16.2. The number of aromatic nitrogens is 6. The van der Waals surface area contributed by atoms with Gasteiger partial charge in [-0.1, -0.05) is 54.6 Å². The first-order chi connectivity index (χ1) is 32.4. The van der Waals surface area contributed by atoms with Crippen molar-refractivity contribution in [1.82, 2.24) is 39.0 Å². The van der Waals surface area contributed by atoms with Crippen molar-refractivity contribution in [2.45, 2.75) is 74.5 Å². The van der Waals surface area contributed by atoms with E-state index in [9.17, 15) is 4.79 Å². The van der Waals surface area contributed by atoms with E-state index in [1.54, 1.807) is 107 Å². The van der Waals surface area contributed by atoms with Crippen LogP contribution in [0.5, 0.6) is 17.2 Å². The van der Waals surface area contributed by atoms with Crippen molar-refractivity contribution in [3.63, 3.8) is 0 Å². The molecule has 1 saturated heterocycles. The van der Waals surface area contributed by atoms with Gasteiger partial charge < -0.3 is 34.1 Å². The molecule has 68 heavy (non-hydrogen) atoms. The quantitative estimate of drug-likeness (QED) is 0.105. The fraction of sp³-hybridized carbons (Fsp3) is 0.312. The molecule has 0 atom stereocenters. The first kappa shape index (κ1) is 47.5. The van der Waals surface area contributed by atoms with Gasteiger partial charge in [-0.3, -0.25) is 0 Å². The van der Waals surface area contributed by atoms with Crippen LogP contribution in [0.4, 0.5) is 10.7 Å². The maximum atomic E-state index is 16.2. The number of imidazole rings is 1. The monoisotopic (exact) mass is 963 g/mol. The largest absolute Gasteiger partial charge is 0.497 e. The van der Waals surface area contributed by atoms with Gasteiger partial charge in [-0.15, -0.1) is 10.2 Å². The Morgan fingerprint density at radius 1 is 0.765 bits per heavy atom. The molecule has 3 heterocycles. The molecule has 8 rings (SSSR count). The van der Waals surface area contributed by atoms with E-state index in [4.69, 9.17) is 34.8 Å². The van der Waals surface area contributed by atoms with Crippen molar-refractivity contribution in [2.24, 2.45) is 0 Å². The number of benzene rings is 5. The summed E-state index contributed by atoms with van der Waals surface area (Å²) in [6.45, 7) is 6.83. The van der Waals surface area contributed by atoms with Crippen LogP contribution in [0.25, 0.3) is 33.5 Å². The van der Waals surface area contributed by atoms with Crippen molar-refractivity contribution in [3.8, 4) is 39.8 Å². The van der Waals surface area contributed by atoms with Crippen LogP contribution >= 0.6 is 0 Å². The number of hydrogen-bond donors (Lipinski definition) is 1. The fourth-order valence-electron chi connectivity index (χ4n) is 8.02. The molecule has 2 N–H and O–H groups in total. The van der Waals surface area contributed by atoms with Gasteiger partial charge in [-0.25, -0.2) is 26.6 Å². The molecule has 20 heteroatoms. The van der Waals surface area contributed by atoms with Gasteiger partial charge in [0.1, 0.15) is 33.0 Å². The number of sulfonamides is 1. The third-order valence-corrected chi connectivity index (χ3v) is 15.7. The number of methoxy groups -OCH3 is 3. The third-order valence-electron chi connectivity index (χ3n) is 11.6. The molecule has 356 valence electrons. The number of ether oxygens (including phenoxy) is 4. The number of nitrogens with zero attached hydrogens (tertiary/aromatic N) is 8. The van der Waals surface area contributed by atoms with Gasteiger partial charge in [0.15, 0.2) is 9.84 Å². The second kappa shape index (κ2) is 18.9. The number of likely N-dealkylation sites (tertiary alicyclic amines) is 1. The van der Waals surface area contributed by atoms with Gasteiger partial charge in [-0.2, -0.15) is 9.10 Å². The Morgan fingerprint density at radius 3 is 1.85 bits per heavy atom. The summed E-state index contributed by atoms with van der Waals surface area (Å²) >= 11 is 0. The molecule has 1 aliphatic heterocycles. The van der Waals surface area contributed by atoms with Crippen molar-refractivity contribution in [1.29, 1.82) is 0 Å². The molecule has 0 spiro atoms. The molecule has 5 aromatic carbocycles. The SMILES string of the molecule is CCn1c(N)nc2c(-c3ccc(S(=O)(=O)C4CN(C(=O)OC(C)(C)C)C4)c(S(=O)(=O)N(Cc4ccc(OC)cc4)Cc4ccc(OC)cc4)c3-c3nnn(Cc4ccc(OC)cc4)n3)cccc21. The summed E-state index contributed by atoms with van der Waals surface area (Å²) in [6, 6.07) is 29.3. The molecule has 18 nitrogen and oxygen atoms in total. The summed E-state index contributed by atoms with van der Waals surface area (Å²) in [5.74, 6) is 1.84. The molecular formula is C48H53N9O9S2. The number of aryl methyl sites for hydroxylation is 1. The summed E-state index contributed by atoms with van der Waals surface area (Å²) in [6.07, 6.45) is -0.686. The van der Waals surface area contributed by atoms with Gasteiger partial charge in [0.05, 0.1) is 49.4 Å². The Labute approximate surface area is 395 Å².